The van der Waals surface area contributed by atoms with Crippen molar-refractivity contribution in [3.05, 3.63) is 11.3 Å². The molecule has 1 heterocycles. The van der Waals surface area contributed by atoms with Crippen LogP contribution in [0.25, 0.3) is 0 Å². The predicted octanol–water partition coefficient (Wildman–Crippen LogP) is 3.79. The van der Waals surface area contributed by atoms with Gasteiger partial charge in [0, 0.05) is 11.8 Å². The molecule has 4 atom stereocenters. The molecule has 0 spiro atoms. The van der Waals surface area contributed by atoms with Crippen LogP contribution in [0.5, 0.6) is 0 Å². The number of fused-ring (bicyclic) bond motifs is 2. The summed E-state index contributed by atoms with van der Waals surface area (Å²) in [6.45, 7) is 4.52. The van der Waals surface area contributed by atoms with Crippen LogP contribution in [-0.2, 0) is 4.74 Å². The van der Waals surface area contributed by atoms with E-state index in [1.54, 1.807) is 5.57 Å². The summed E-state index contributed by atoms with van der Waals surface area (Å²) >= 11 is 0. The highest BCUT2D eigenvalue weighted by molar-refractivity contribution is 5.25. The fourth-order valence-electron chi connectivity index (χ4n) is 4.42. The molecule has 0 saturated heterocycles. The second-order valence-electron chi connectivity index (χ2n) is 6.67. The Balaban J connectivity index is 1.82. The number of allylic oxidation sites excluding steroid dienone is 2. The summed E-state index contributed by atoms with van der Waals surface area (Å²) in [6, 6.07) is 0. The highest BCUT2D eigenvalue weighted by Crippen LogP contribution is 2.56. The van der Waals surface area contributed by atoms with Crippen molar-refractivity contribution >= 4 is 0 Å². The normalized spacial score (nSPS) is 43.4. The van der Waals surface area contributed by atoms with E-state index < -0.39 is 0 Å². The zero-order valence-electron chi connectivity index (χ0n) is 11.7. The summed E-state index contributed by atoms with van der Waals surface area (Å²) < 4.78 is 6.22. The van der Waals surface area contributed by atoms with Gasteiger partial charge >= 0.3 is 0 Å². The third kappa shape index (κ3) is 1.80. The monoisotopic (exact) mass is 250 g/mol. The third-order valence-corrected chi connectivity index (χ3v) is 5.61. The van der Waals surface area contributed by atoms with E-state index in [0.717, 1.165) is 25.7 Å². The quantitative estimate of drug-likeness (QED) is 0.808. The maximum Gasteiger partial charge on any atom is 0.0985 e. The van der Waals surface area contributed by atoms with Crippen LogP contribution in [0.15, 0.2) is 11.3 Å². The van der Waals surface area contributed by atoms with E-state index in [9.17, 15) is 5.11 Å². The van der Waals surface area contributed by atoms with Crippen LogP contribution in [0.2, 0.25) is 0 Å². The Hall–Kier alpha value is -0.500. The molecule has 0 aromatic heterocycles. The van der Waals surface area contributed by atoms with E-state index in [1.807, 2.05) is 0 Å². The summed E-state index contributed by atoms with van der Waals surface area (Å²) in [5.74, 6) is 1.90. The first-order valence-electron chi connectivity index (χ1n) is 7.71. The Morgan fingerprint density at radius 1 is 1.28 bits per heavy atom. The average Bonchev–Trinajstić information content (AvgIpc) is 2.67. The minimum absolute atomic E-state index is 0.0927. The lowest BCUT2D eigenvalue weighted by atomic mass is 9.66. The van der Waals surface area contributed by atoms with Crippen LogP contribution in [0.1, 0.15) is 65.2 Å². The van der Waals surface area contributed by atoms with Crippen LogP contribution >= 0.6 is 0 Å². The Morgan fingerprint density at radius 2 is 2.11 bits per heavy atom. The highest BCUT2D eigenvalue weighted by atomic mass is 16.5. The van der Waals surface area contributed by atoms with Gasteiger partial charge in [0.15, 0.2) is 0 Å². The minimum atomic E-state index is -0.0927. The van der Waals surface area contributed by atoms with Gasteiger partial charge in [0.1, 0.15) is 0 Å². The standard InChI is InChI=1S/C16H26O2/c1-3-4-11-5-6-12-13-7-8-15(17)16(13,2)10-9-14(12)18-11/h11,13,15,17H,3-10H2,1-2H3. The molecule has 18 heavy (non-hydrogen) atoms. The molecule has 0 aromatic carbocycles. The summed E-state index contributed by atoms with van der Waals surface area (Å²) in [4.78, 5) is 0. The van der Waals surface area contributed by atoms with Crippen molar-refractivity contribution < 1.29 is 9.84 Å². The molecule has 3 aliphatic rings. The molecule has 1 fully saturated rings. The first kappa shape index (κ1) is 12.5. The van der Waals surface area contributed by atoms with Crippen molar-refractivity contribution in [3.63, 3.8) is 0 Å². The van der Waals surface area contributed by atoms with Crippen molar-refractivity contribution in [3.8, 4) is 0 Å². The maximum atomic E-state index is 10.2. The molecule has 0 aromatic rings. The van der Waals surface area contributed by atoms with Gasteiger partial charge < -0.3 is 9.84 Å². The third-order valence-electron chi connectivity index (χ3n) is 5.61. The molecule has 1 saturated carbocycles. The van der Waals surface area contributed by atoms with Gasteiger partial charge in [-0.05, 0) is 50.0 Å². The van der Waals surface area contributed by atoms with Crippen LogP contribution in [-0.4, -0.2) is 17.3 Å². The number of aliphatic hydroxyl groups excluding tert-OH is 1. The average molecular weight is 250 g/mol. The van der Waals surface area contributed by atoms with Gasteiger partial charge in [0.25, 0.3) is 0 Å². The van der Waals surface area contributed by atoms with Gasteiger partial charge in [-0.2, -0.15) is 0 Å². The van der Waals surface area contributed by atoms with Gasteiger partial charge in [-0.25, -0.2) is 0 Å². The summed E-state index contributed by atoms with van der Waals surface area (Å²) in [5, 5.41) is 10.2. The summed E-state index contributed by atoms with van der Waals surface area (Å²) in [5.41, 5.74) is 1.70. The first-order valence-corrected chi connectivity index (χ1v) is 7.71. The molecule has 102 valence electrons. The SMILES string of the molecule is CCCC1CCC2=C(CCC3(C)C(O)CCC23)O1. The van der Waals surface area contributed by atoms with Gasteiger partial charge in [0.2, 0.25) is 0 Å². The zero-order valence-corrected chi connectivity index (χ0v) is 11.7. The van der Waals surface area contributed by atoms with Gasteiger partial charge in [-0.15, -0.1) is 0 Å². The van der Waals surface area contributed by atoms with Crippen LogP contribution in [0.4, 0.5) is 0 Å². The van der Waals surface area contributed by atoms with Crippen LogP contribution < -0.4 is 0 Å². The molecule has 2 aliphatic carbocycles. The van der Waals surface area contributed by atoms with Crippen molar-refractivity contribution in [1.29, 1.82) is 0 Å². The molecule has 3 rings (SSSR count). The lowest BCUT2D eigenvalue weighted by Crippen LogP contribution is -2.38. The lowest BCUT2D eigenvalue weighted by molar-refractivity contribution is 0.00469. The van der Waals surface area contributed by atoms with Crippen LogP contribution in [0, 0.1) is 11.3 Å². The molecule has 2 nitrogen and oxygen atoms in total. The molecule has 4 unspecified atom stereocenters. The molecule has 0 bridgehead atoms. The molecule has 0 radical (unpaired) electrons. The zero-order chi connectivity index (χ0) is 12.8. The van der Waals surface area contributed by atoms with Crippen molar-refractivity contribution in [2.24, 2.45) is 11.3 Å². The first-order chi connectivity index (χ1) is 8.65. The Bertz CT molecular complexity index is 360. The molecular weight excluding hydrogens is 224 g/mol. The van der Waals surface area contributed by atoms with Crippen LogP contribution in [0.3, 0.4) is 0 Å². The molecule has 1 aliphatic heterocycles. The molecular formula is C16H26O2. The second-order valence-corrected chi connectivity index (χ2v) is 6.67. The van der Waals surface area contributed by atoms with E-state index in [-0.39, 0.29) is 11.5 Å². The van der Waals surface area contributed by atoms with Gasteiger partial charge in [-0.1, -0.05) is 20.3 Å². The number of hydrogen-bond acceptors (Lipinski definition) is 2. The summed E-state index contributed by atoms with van der Waals surface area (Å²) in [6.07, 6.45) is 9.50. The number of rotatable bonds is 2. The van der Waals surface area contributed by atoms with E-state index in [0.29, 0.717) is 12.0 Å². The van der Waals surface area contributed by atoms with E-state index in [1.165, 1.54) is 31.4 Å². The fraction of sp³-hybridized carbons (Fsp3) is 0.875. The molecule has 0 amide bonds. The Morgan fingerprint density at radius 3 is 2.89 bits per heavy atom. The lowest BCUT2D eigenvalue weighted by Gasteiger charge is -2.44. The van der Waals surface area contributed by atoms with Crippen molar-refractivity contribution in [1.82, 2.24) is 0 Å². The second kappa shape index (κ2) is 4.56. The van der Waals surface area contributed by atoms with Gasteiger partial charge in [-0.3, -0.25) is 0 Å². The number of ether oxygens (including phenoxy) is 1. The topological polar surface area (TPSA) is 29.5 Å². The van der Waals surface area contributed by atoms with Crippen molar-refractivity contribution in [2.75, 3.05) is 0 Å². The highest BCUT2D eigenvalue weighted by Gasteiger charge is 2.50. The maximum absolute atomic E-state index is 10.2. The van der Waals surface area contributed by atoms with E-state index in [4.69, 9.17) is 4.74 Å². The Kier molecular flexibility index (Phi) is 3.17. The Labute approximate surface area is 110 Å². The fourth-order valence-corrected chi connectivity index (χ4v) is 4.42. The van der Waals surface area contributed by atoms with E-state index >= 15 is 0 Å². The van der Waals surface area contributed by atoms with Gasteiger partial charge in [0.05, 0.1) is 18.0 Å². The largest absolute Gasteiger partial charge is 0.495 e. The predicted molar refractivity (Wildman–Crippen MR) is 72.1 cm³/mol. The summed E-state index contributed by atoms with van der Waals surface area (Å²) in [7, 11) is 0. The molecule has 2 heteroatoms. The molecule has 1 N–H and O–H groups in total. The van der Waals surface area contributed by atoms with Crippen molar-refractivity contribution in [2.45, 2.75) is 77.4 Å². The smallest absolute Gasteiger partial charge is 0.0985 e. The number of hydrogen-bond donors (Lipinski definition) is 1. The minimum Gasteiger partial charge on any atom is -0.495 e. The van der Waals surface area contributed by atoms with E-state index in [2.05, 4.69) is 13.8 Å². The number of aliphatic hydroxyl groups is 1.